The van der Waals surface area contributed by atoms with E-state index in [1.54, 1.807) is 6.92 Å². The van der Waals surface area contributed by atoms with Gasteiger partial charge in [0.25, 0.3) is 0 Å². The molecule has 4 nitrogen and oxygen atoms in total. The van der Waals surface area contributed by atoms with E-state index in [0.29, 0.717) is 25.3 Å². The first-order chi connectivity index (χ1) is 5.22. The Balaban J connectivity index is 3.38. The van der Waals surface area contributed by atoms with Gasteiger partial charge in [-0.25, -0.2) is 0 Å². The van der Waals surface area contributed by atoms with Gasteiger partial charge >= 0.3 is 5.62 Å². The third kappa shape index (κ3) is 5.46. The lowest BCUT2D eigenvalue weighted by Gasteiger charge is -2.15. The normalized spacial score (nSPS) is 16.4. The lowest BCUT2D eigenvalue weighted by molar-refractivity contribution is -0.0335. The van der Waals surface area contributed by atoms with Crippen LogP contribution in [0, 0.1) is 0 Å². The van der Waals surface area contributed by atoms with Crippen LogP contribution >= 0.6 is 0 Å². The van der Waals surface area contributed by atoms with Crippen LogP contribution in [0.25, 0.3) is 0 Å². The molecule has 11 heavy (non-hydrogen) atoms. The first-order valence-corrected chi connectivity index (χ1v) is 4.97. The van der Waals surface area contributed by atoms with Crippen molar-refractivity contribution < 1.29 is 14.4 Å². The van der Waals surface area contributed by atoms with Crippen molar-refractivity contribution in [3.05, 3.63) is 0 Å². The van der Waals surface area contributed by atoms with Crippen molar-refractivity contribution in [2.75, 3.05) is 18.9 Å². The Morgan fingerprint density at radius 3 is 2.82 bits per heavy atom. The summed E-state index contributed by atoms with van der Waals surface area (Å²) in [6, 6.07) is 0. The summed E-state index contributed by atoms with van der Waals surface area (Å²) in [5, 5.41) is 8.98. The Labute approximate surface area is 69.9 Å². The second-order valence-corrected chi connectivity index (χ2v) is 3.56. The number of hydrogen-bond donors (Lipinski definition) is 2. The summed E-state index contributed by atoms with van der Waals surface area (Å²) in [4.78, 5) is 0. The summed E-state index contributed by atoms with van der Waals surface area (Å²) in [7, 11) is 0. The molecule has 0 aromatic rings. The number of hydrogen-bond acceptors (Lipinski definition) is 4. The molecule has 5 heteroatoms. The highest BCUT2D eigenvalue weighted by Gasteiger charge is 2.17. The number of aliphatic hydroxyl groups excluding tert-OH is 1. The van der Waals surface area contributed by atoms with Gasteiger partial charge in [0, 0.05) is 17.6 Å². The van der Waals surface area contributed by atoms with E-state index in [9.17, 15) is 4.55 Å². The highest BCUT2D eigenvalue weighted by Crippen LogP contribution is 2.02. The maximum absolute atomic E-state index is 11.0. The topological polar surface area (TPSA) is 78.5 Å². The molecule has 0 rings (SSSR count). The minimum atomic E-state index is -1.31. The molecule has 1 unspecified atom stereocenters. The van der Waals surface area contributed by atoms with Gasteiger partial charge < -0.3 is 20.1 Å². The molecule has 3 N–H and O–H groups in total. The van der Waals surface area contributed by atoms with Crippen LogP contribution in [-0.4, -0.2) is 34.2 Å². The van der Waals surface area contributed by atoms with E-state index < -0.39 is 16.8 Å². The molecule has 0 radical (unpaired) electrons. The maximum atomic E-state index is 11.0. The predicted octanol–water partition coefficient (Wildman–Crippen LogP) is -0.604. The molecule has 0 aliphatic carbocycles. The van der Waals surface area contributed by atoms with Crippen molar-refractivity contribution in [1.82, 2.24) is 0 Å². The Morgan fingerprint density at radius 1 is 1.73 bits per heavy atom. The van der Waals surface area contributed by atoms with E-state index in [1.165, 1.54) is 0 Å². The fourth-order valence-electron chi connectivity index (χ4n) is 0.545. The molecule has 0 fully saturated rings. The van der Waals surface area contributed by atoms with Crippen molar-refractivity contribution >= 4 is 11.2 Å². The summed E-state index contributed by atoms with van der Waals surface area (Å²) in [5.41, 5.74) is 4.05. The van der Waals surface area contributed by atoms with Crippen LogP contribution in [0.3, 0.4) is 0 Å². The van der Waals surface area contributed by atoms with Gasteiger partial charge in [0.15, 0.2) is 0 Å². The van der Waals surface area contributed by atoms with Crippen molar-refractivity contribution in [3.63, 3.8) is 0 Å². The lowest BCUT2D eigenvalue weighted by Crippen LogP contribution is -2.27. The minimum Gasteiger partial charge on any atom is -0.612 e. The van der Waals surface area contributed by atoms with E-state index >= 15 is 0 Å². The summed E-state index contributed by atoms with van der Waals surface area (Å²) >= 11 is -1.31. The van der Waals surface area contributed by atoms with Crippen LogP contribution < -0.4 is 5.73 Å². The third-order valence-electron chi connectivity index (χ3n) is 1.08. The number of ether oxygens (including phenoxy) is 1. The summed E-state index contributed by atoms with van der Waals surface area (Å²) in [6.07, 6.45) is 0.650. The number of rotatable bonds is 6. The SMILES string of the molecule is CCO[C@@H](O)[S+]([O-])CCCN. The van der Waals surface area contributed by atoms with Gasteiger partial charge in [0.2, 0.25) is 0 Å². The first-order valence-electron chi connectivity index (χ1n) is 3.59. The molecule has 68 valence electrons. The van der Waals surface area contributed by atoms with E-state index in [0.717, 1.165) is 0 Å². The minimum absolute atomic E-state index is 0.371. The largest absolute Gasteiger partial charge is 0.612 e. The van der Waals surface area contributed by atoms with Crippen LogP contribution in [0.1, 0.15) is 13.3 Å². The molecule has 0 aromatic heterocycles. The highest BCUT2D eigenvalue weighted by atomic mass is 32.2. The van der Waals surface area contributed by atoms with Crippen LogP contribution in [0.5, 0.6) is 0 Å². The smallest absolute Gasteiger partial charge is 0.325 e. The Kier molecular flexibility index (Phi) is 6.99. The molecule has 0 saturated heterocycles. The van der Waals surface area contributed by atoms with Gasteiger partial charge in [-0.05, 0) is 13.5 Å². The van der Waals surface area contributed by atoms with E-state index in [2.05, 4.69) is 0 Å². The molecule has 0 aliphatic rings. The molecular formula is C6H15NO3S. The van der Waals surface area contributed by atoms with E-state index in [4.69, 9.17) is 15.6 Å². The van der Waals surface area contributed by atoms with Gasteiger partial charge in [-0.2, -0.15) is 0 Å². The number of nitrogens with two attached hydrogens (primary N) is 1. The highest BCUT2D eigenvalue weighted by molar-refractivity contribution is 7.91. The van der Waals surface area contributed by atoms with Crippen molar-refractivity contribution in [2.45, 2.75) is 19.0 Å². The standard InChI is InChI=1S/C6H15NO3S/c1-2-10-6(8)11(9)5-3-4-7/h6,8H,2-5,7H2,1H3/t6-,11?/m1/s1. The fraction of sp³-hybridized carbons (Fsp3) is 1.00. The average molecular weight is 181 g/mol. The first kappa shape index (κ1) is 11.2. The second kappa shape index (κ2) is 6.87. The monoisotopic (exact) mass is 181 g/mol. The maximum Gasteiger partial charge on any atom is 0.325 e. The molecule has 0 amide bonds. The quantitative estimate of drug-likeness (QED) is 0.423. The van der Waals surface area contributed by atoms with Gasteiger partial charge in [0.05, 0.1) is 6.61 Å². The number of aliphatic hydroxyl groups is 1. The fourth-order valence-corrected chi connectivity index (χ4v) is 1.49. The van der Waals surface area contributed by atoms with E-state index in [1.807, 2.05) is 0 Å². The second-order valence-electron chi connectivity index (χ2n) is 1.99. The molecular weight excluding hydrogens is 166 g/mol. The summed E-state index contributed by atoms with van der Waals surface area (Å²) < 4.78 is 15.7. The third-order valence-corrected chi connectivity index (χ3v) is 2.36. The van der Waals surface area contributed by atoms with Crippen LogP contribution in [-0.2, 0) is 15.9 Å². The van der Waals surface area contributed by atoms with Crippen LogP contribution in [0.4, 0.5) is 0 Å². The van der Waals surface area contributed by atoms with E-state index in [-0.39, 0.29) is 0 Å². The van der Waals surface area contributed by atoms with Crippen molar-refractivity contribution in [2.24, 2.45) is 5.73 Å². The molecule has 0 aliphatic heterocycles. The predicted molar refractivity (Wildman–Crippen MR) is 44.3 cm³/mol. The zero-order valence-corrected chi connectivity index (χ0v) is 7.47. The van der Waals surface area contributed by atoms with Crippen molar-refractivity contribution in [3.8, 4) is 0 Å². The van der Waals surface area contributed by atoms with Gasteiger partial charge in [-0.1, -0.05) is 0 Å². The molecule has 2 atom stereocenters. The van der Waals surface area contributed by atoms with Gasteiger partial charge in [-0.15, -0.1) is 0 Å². The lowest BCUT2D eigenvalue weighted by atomic mass is 10.5. The van der Waals surface area contributed by atoms with Gasteiger partial charge in [-0.3, -0.25) is 0 Å². The molecule has 0 saturated carbocycles. The molecule has 0 aromatic carbocycles. The Bertz CT molecular complexity index is 93.9. The summed E-state index contributed by atoms with van der Waals surface area (Å²) in [6.45, 7) is 2.60. The van der Waals surface area contributed by atoms with Crippen LogP contribution in [0.2, 0.25) is 0 Å². The Hall–Kier alpha value is 0.190. The van der Waals surface area contributed by atoms with Gasteiger partial charge in [0.1, 0.15) is 5.75 Å². The zero-order valence-electron chi connectivity index (χ0n) is 6.66. The molecule has 0 bridgehead atoms. The molecule has 0 spiro atoms. The molecule has 0 heterocycles. The van der Waals surface area contributed by atoms with Crippen molar-refractivity contribution in [1.29, 1.82) is 0 Å². The van der Waals surface area contributed by atoms with Crippen LogP contribution in [0.15, 0.2) is 0 Å². The summed E-state index contributed by atoms with van der Waals surface area (Å²) in [5.74, 6) is 0.400. The average Bonchev–Trinajstić information content (AvgIpc) is 2.00. The zero-order chi connectivity index (χ0) is 8.69. The Morgan fingerprint density at radius 2 is 2.36 bits per heavy atom.